The number of aryl methyl sites for hydroxylation is 2. The van der Waals surface area contributed by atoms with Crippen molar-refractivity contribution < 1.29 is 9.47 Å². The van der Waals surface area contributed by atoms with Crippen LogP contribution in [-0.2, 0) is 9.47 Å². The Morgan fingerprint density at radius 3 is 1.54 bits per heavy atom. The van der Waals surface area contributed by atoms with Crippen LogP contribution in [0.3, 0.4) is 0 Å². The minimum absolute atomic E-state index is 0.0230. The molecule has 0 amide bonds. The third-order valence-corrected chi connectivity index (χ3v) is 6.73. The molecule has 2 aliphatic rings. The van der Waals surface area contributed by atoms with Crippen LogP contribution in [0.1, 0.15) is 34.3 Å². The van der Waals surface area contributed by atoms with Crippen LogP contribution >= 0.6 is 0 Å². The van der Waals surface area contributed by atoms with E-state index in [9.17, 15) is 0 Å². The van der Waals surface area contributed by atoms with Crippen LogP contribution in [0.2, 0.25) is 0 Å². The summed E-state index contributed by atoms with van der Waals surface area (Å²) in [7, 11) is 0. The monoisotopic (exact) mass is 461 g/mol. The minimum atomic E-state index is 0.0230. The zero-order valence-electron chi connectivity index (χ0n) is 19.9. The van der Waals surface area contributed by atoms with Gasteiger partial charge in [0, 0.05) is 22.9 Å². The number of nitrogens with zero attached hydrogens (tertiary/aromatic N) is 2. The highest BCUT2D eigenvalue weighted by atomic mass is 16.5. The summed E-state index contributed by atoms with van der Waals surface area (Å²) in [6.45, 7) is 5.38. The second-order valence-corrected chi connectivity index (χ2v) is 9.13. The lowest BCUT2D eigenvalue weighted by atomic mass is 10.0. The Labute approximate surface area is 204 Å². The summed E-state index contributed by atoms with van der Waals surface area (Å²) < 4.78 is 11.9. The van der Waals surface area contributed by atoms with E-state index in [-0.39, 0.29) is 12.1 Å². The van der Waals surface area contributed by atoms with Crippen molar-refractivity contribution in [2.45, 2.75) is 25.9 Å². The first kappa shape index (κ1) is 21.4. The van der Waals surface area contributed by atoms with E-state index in [1.54, 1.807) is 0 Å². The number of hydrogen-bond acceptors (Lipinski definition) is 4. The standard InChI is InChI=1S/C30H27N3O2/c1-19-13-23-24(14-20(19)2)26(16-30-33-28(18-35-30)22-11-7-4-8-12-22)31-25(23)15-29-32-27(17-34-29)21-9-5-3-6-10-21/h3-16,27-28,31H,17-18H2,1-2H3/b25-15+,26-16+/t27-,28-/m1/s1. The van der Waals surface area contributed by atoms with Gasteiger partial charge in [0.2, 0.25) is 11.8 Å². The summed E-state index contributed by atoms with van der Waals surface area (Å²) in [6, 6.07) is 25.0. The molecule has 2 aliphatic heterocycles. The average molecular weight is 462 g/mol. The largest absolute Gasteiger partial charge is 0.475 e. The summed E-state index contributed by atoms with van der Waals surface area (Å²) in [6.07, 6.45) is 4.00. The summed E-state index contributed by atoms with van der Waals surface area (Å²) in [4.78, 5) is 13.2. The van der Waals surface area contributed by atoms with Gasteiger partial charge in [0.25, 0.3) is 0 Å². The van der Waals surface area contributed by atoms with Crippen LogP contribution in [0.25, 0.3) is 22.9 Å². The quantitative estimate of drug-likeness (QED) is 0.480. The Balaban J connectivity index is 1.41. The van der Waals surface area contributed by atoms with Crippen molar-refractivity contribution in [1.29, 1.82) is 0 Å². The number of nitrogens with one attached hydrogen (secondary N) is 1. The summed E-state index contributed by atoms with van der Waals surface area (Å²) >= 11 is 0. The molecular weight excluding hydrogens is 434 g/mol. The maximum absolute atomic E-state index is 5.95. The molecule has 4 aromatic rings. The number of H-pyrrole nitrogens is 1. The topological polar surface area (TPSA) is 59.0 Å². The fraction of sp³-hybridized carbons (Fsp3) is 0.200. The highest BCUT2D eigenvalue weighted by Gasteiger charge is 2.21. The minimum Gasteiger partial charge on any atom is -0.475 e. The maximum atomic E-state index is 5.95. The van der Waals surface area contributed by atoms with Gasteiger partial charge in [0.05, 0.1) is 10.7 Å². The van der Waals surface area contributed by atoms with Crippen molar-refractivity contribution in [1.82, 2.24) is 4.98 Å². The molecule has 174 valence electrons. The van der Waals surface area contributed by atoms with E-state index in [0.717, 1.165) is 32.6 Å². The Kier molecular flexibility index (Phi) is 5.45. The fourth-order valence-corrected chi connectivity index (χ4v) is 4.65. The summed E-state index contributed by atoms with van der Waals surface area (Å²) in [5, 5.41) is 4.21. The van der Waals surface area contributed by atoms with Gasteiger partial charge in [-0.15, -0.1) is 0 Å². The van der Waals surface area contributed by atoms with Crippen molar-refractivity contribution in [3.8, 4) is 0 Å². The number of benzene rings is 3. The molecule has 1 aromatic heterocycles. The third kappa shape index (κ3) is 4.26. The van der Waals surface area contributed by atoms with Gasteiger partial charge in [-0.3, -0.25) is 0 Å². The SMILES string of the molecule is Cc1cc2/c(=C\C3=N[C@@H](c4ccccc4)CO3)[nH]/c(=C/C3=N[C@@H](c4ccccc4)CO3)c2cc1C. The molecule has 0 fully saturated rings. The second-order valence-electron chi connectivity index (χ2n) is 9.13. The molecule has 5 heteroatoms. The number of rotatable bonds is 4. The summed E-state index contributed by atoms with van der Waals surface area (Å²) in [5.74, 6) is 1.29. The smallest absolute Gasteiger partial charge is 0.211 e. The molecule has 0 bridgehead atoms. The van der Waals surface area contributed by atoms with Crippen LogP contribution < -0.4 is 10.7 Å². The molecule has 6 rings (SSSR count). The second kappa shape index (κ2) is 8.91. The van der Waals surface area contributed by atoms with E-state index in [4.69, 9.17) is 19.5 Å². The predicted molar refractivity (Wildman–Crippen MR) is 141 cm³/mol. The molecule has 0 unspecified atom stereocenters. The number of aromatic amines is 1. The van der Waals surface area contributed by atoms with Gasteiger partial charge in [-0.2, -0.15) is 0 Å². The molecule has 2 atom stereocenters. The first-order chi connectivity index (χ1) is 17.1. The number of aliphatic imine (C=N–C) groups is 2. The van der Waals surface area contributed by atoms with Crippen LogP contribution in [0.4, 0.5) is 0 Å². The zero-order chi connectivity index (χ0) is 23.8. The highest BCUT2D eigenvalue weighted by molar-refractivity contribution is 6.09. The average Bonchev–Trinajstić information content (AvgIpc) is 3.62. The lowest BCUT2D eigenvalue weighted by Gasteiger charge is -2.03. The van der Waals surface area contributed by atoms with E-state index < -0.39 is 0 Å². The van der Waals surface area contributed by atoms with E-state index in [2.05, 4.69) is 55.2 Å². The molecule has 0 spiro atoms. The van der Waals surface area contributed by atoms with Crippen molar-refractivity contribution in [3.63, 3.8) is 0 Å². The molecule has 0 saturated carbocycles. The van der Waals surface area contributed by atoms with Gasteiger partial charge in [-0.25, -0.2) is 9.98 Å². The Bertz CT molecular complexity index is 1450. The van der Waals surface area contributed by atoms with Crippen LogP contribution in [-0.4, -0.2) is 30.0 Å². The van der Waals surface area contributed by atoms with E-state index >= 15 is 0 Å². The van der Waals surface area contributed by atoms with Gasteiger partial charge < -0.3 is 14.5 Å². The molecule has 0 radical (unpaired) electrons. The first-order valence-corrected chi connectivity index (χ1v) is 12.0. The molecule has 3 aromatic carbocycles. The normalized spacial score (nSPS) is 20.6. The van der Waals surface area contributed by atoms with Gasteiger partial charge in [-0.05, 0) is 48.2 Å². The summed E-state index contributed by atoms with van der Waals surface area (Å²) in [5.41, 5.74) is 4.81. The lowest BCUT2D eigenvalue weighted by molar-refractivity contribution is 0.323. The van der Waals surface area contributed by atoms with E-state index in [1.807, 2.05) is 48.6 Å². The van der Waals surface area contributed by atoms with Crippen molar-refractivity contribution in [2.24, 2.45) is 9.98 Å². The molecular formula is C30H27N3O2. The van der Waals surface area contributed by atoms with Crippen LogP contribution in [0.15, 0.2) is 82.8 Å². The third-order valence-electron chi connectivity index (χ3n) is 6.73. The first-order valence-electron chi connectivity index (χ1n) is 12.0. The zero-order valence-corrected chi connectivity index (χ0v) is 19.9. The molecule has 1 N–H and O–H groups in total. The Morgan fingerprint density at radius 2 is 1.11 bits per heavy atom. The number of hydrogen-bond donors (Lipinski definition) is 1. The van der Waals surface area contributed by atoms with E-state index in [1.165, 1.54) is 11.1 Å². The maximum Gasteiger partial charge on any atom is 0.211 e. The molecule has 5 nitrogen and oxygen atoms in total. The van der Waals surface area contributed by atoms with Gasteiger partial charge >= 0.3 is 0 Å². The highest BCUT2D eigenvalue weighted by Crippen LogP contribution is 2.24. The number of aromatic nitrogens is 1. The van der Waals surface area contributed by atoms with Gasteiger partial charge in [0.15, 0.2) is 0 Å². The fourth-order valence-electron chi connectivity index (χ4n) is 4.65. The number of fused-ring (bicyclic) bond motifs is 1. The number of ether oxygens (including phenoxy) is 2. The predicted octanol–water partition coefficient (Wildman–Crippen LogP) is 4.69. The molecule has 35 heavy (non-hydrogen) atoms. The van der Waals surface area contributed by atoms with Gasteiger partial charge in [-0.1, -0.05) is 60.7 Å². The van der Waals surface area contributed by atoms with Crippen molar-refractivity contribution in [3.05, 3.63) is 106 Å². The van der Waals surface area contributed by atoms with Gasteiger partial charge in [0.1, 0.15) is 25.3 Å². The Morgan fingerprint density at radius 1 is 0.686 bits per heavy atom. The van der Waals surface area contributed by atoms with Crippen LogP contribution in [0, 0.1) is 13.8 Å². The Hall–Kier alpha value is -4.12. The molecule has 0 saturated heterocycles. The lowest BCUT2D eigenvalue weighted by Crippen LogP contribution is -2.14. The van der Waals surface area contributed by atoms with Crippen molar-refractivity contribution in [2.75, 3.05) is 13.2 Å². The molecule has 0 aliphatic carbocycles. The molecule has 3 heterocycles. The van der Waals surface area contributed by atoms with Crippen molar-refractivity contribution >= 4 is 34.7 Å². The van der Waals surface area contributed by atoms with Crippen LogP contribution in [0.5, 0.6) is 0 Å². The van der Waals surface area contributed by atoms with E-state index in [0.29, 0.717) is 25.0 Å².